The second-order valence-electron chi connectivity index (χ2n) is 4.68. The summed E-state index contributed by atoms with van der Waals surface area (Å²) in [5.41, 5.74) is 0. The van der Waals surface area contributed by atoms with E-state index in [1.165, 1.54) is 0 Å². The molecule has 5 heteroatoms. The summed E-state index contributed by atoms with van der Waals surface area (Å²) in [5.74, 6) is 1.62. The zero-order valence-corrected chi connectivity index (χ0v) is 14.0. The average Bonchev–Trinajstić information content (AvgIpc) is 2.25. The Balaban J connectivity index is 0. The van der Waals surface area contributed by atoms with Crippen molar-refractivity contribution in [2.24, 2.45) is 16.8 Å². The van der Waals surface area contributed by atoms with Crippen molar-refractivity contribution in [1.29, 1.82) is 0 Å². The van der Waals surface area contributed by atoms with Crippen LogP contribution in [-0.4, -0.2) is 36.8 Å². The van der Waals surface area contributed by atoms with E-state index in [1.807, 2.05) is 13.8 Å². The summed E-state index contributed by atoms with van der Waals surface area (Å²) in [5, 5.41) is 15.5. The molecule has 0 radical (unpaired) electrons. The molecule has 0 rings (SSSR count). The monoisotopic (exact) mass is 357 g/mol. The molecule has 0 aromatic rings. The summed E-state index contributed by atoms with van der Waals surface area (Å²) < 4.78 is 0. The molecule has 2 unspecified atom stereocenters. The molecule has 0 bridgehead atoms. The summed E-state index contributed by atoms with van der Waals surface area (Å²) in [6, 6.07) is 0.391. The Bertz CT molecular complexity index is 210. The van der Waals surface area contributed by atoms with Crippen molar-refractivity contribution in [3.05, 3.63) is 0 Å². The fourth-order valence-corrected chi connectivity index (χ4v) is 1.01. The molecule has 0 aliphatic carbocycles. The Labute approximate surface area is 123 Å². The molecule has 4 nitrogen and oxygen atoms in total. The minimum Gasteiger partial charge on any atom is -0.396 e. The van der Waals surface area contributed by atoms with Crippen LogP contribution in [-0.2, 0) is 0 Å². The van der Waals surface area contributed by atoms with Gasteiger partial charge in [0.2, 0.25) is 0 Å². The molecule has 0 fully saturated rings. The van der Waals surface area contributed by atoms with Gasteiger partial charge in [-0.1, -0.05) is 20.8 Å². The Morgan fingerprint density at radius 2 is 1.82 bits per heavy atom. The Morgan fingerprint density at radius 1 is 1.24 bits per heavy atom. The van der Waals surface area contributed by atoms with Gasteiger partial charge in [0.05, 0.1) is 0 Å². The number of aliphatic imine (C=N–C) groups is 1. The first kappa shape index (κ1) is 19.3. The van der Waals surface area contributed by atoms with Crippen LogP contribution in [0.25, 0.3) is 0 Å². The maximum Gasteiger partial charge on any atom is 0.191 e. The quantitative estimate of drug-likeness (QED) is 0.386. The maximum atomic E-state index is 8.94. The van der Waals surface area contributed by atoms with E-state index in [1.54, 1.807) is 0 Å². The van der Waals surface area contributed by atoms with Gasteiger partial charge in [0.15, 0.2) is 5.96 Å². The fourth-order valence-electron chi connectivity index (χ4n) is 1.01. The van der Waals surface area contributed by atoms with Crippen LogP contribution in [0.15, 0.2) is 4.99 Å². The summed E-state index contributed by atoms with van der Waals surface area (Å²) in [4.78, 5) is 4.44. The van der Waals surface area contributed by atoms with E-state index in [9.17, 15) is 0 Å². The Morgan fingerprint density at radius 3 is 2.24 bits per heavy atom. The number of hydrogen-bond donors (Lipinski definition) is 3. The minimum absolute atomic E-state index is 0. The number of halogens is 1. The summed E-state index contributed by atoms with van der Waals surface area (Å²) in [7, 11) is 0. The first-order valence-electron chi connectivity index (χ1n) is 6.16. The summed E-state index contributed by atoms with van der Waals surface area (Å²) >= 11 is 0. The van der Waals surface area contributed by atoms with Crippen molar-refractivity contribution in [1.82, 2.24) is 10.6 Å². The highest BCUT2D eigenvalue weighted by atomic mass is 127. The standard InChI is InChI=1S/C12H27N3O.HI/c1-6-13-12(14-7-10(4)8-16)15-11(5)9(2)3;/h9-11,16H,6-8H2,1-5H3,(H2,13,14,15);1H. The maximum absolute atomic E-state index is 8.94. The van der Waals surface area contributed by atoms with Crippen LogP contribution in [0.1, 0.15) is 34.6 Å². The Hall–Kier alpha value is -0.0400. The predicted molar refractivity (Wildman–Crippen MR) is 85.1 cm³/mol. The smallest absolute Gasteiger partial charge is 0.191 e. The number of nitrogens with zero attached hydrogens (tertiary/aromatic N) is 1. The fraction of sp³-hybridized carbons (Fsp3) is 0.917. The molecule has 0 amide bonds. The van der Waals surface area contributed by atoms with E-state index in [2.05, 4.69) is 36.4 Å². The first-order chi connectivity index (χ1) is 7.51. The third-order valence-corrected chi connectivity index (χ3v) is 2.58. The molecule has 0 aliphatic rings. The molecule has 0 aromatic heterocycles. The molecule has 0 spiro atoms. The van der Waals surface area contributed by atoms with Gasteiger partial charge < -0.3 is 15.7 Å². The van der Waals surface area contributed by atoms with E-state index in [0.29, 0.717) is 18.5 Å². The van der Waals surface area contributed by atoms with Crippen molar-refractivity contribution in [2.75, 3.05) is 19.7 Å². The molecule has 0 heterocycles. The largest absolute Gasteiger partial charge is 0.396 e. The second-order valence-corrected chi connectivity index (χ2v) is 4.68. The molecule has 0 saturated heterocycles. The van der Waals surface area contributed by atoms with Gasteiger partial charge in [-0.25, -0.2) is 0 Å². The minimum atomic E-state index is 0. The molecular weight excluding hydrogens is 329 g/mol. The molecule has 17 heavy (non-hydrogen) atoms. The normalized spacial score (nSPS) is 15.1. The van der Waals surface area contributed by atoms with Crippen LogP contribution in [0.3, 0.4) is 0 Å². The number of aliphatic hydroxyl groups excluding tert-OH is 1. The van der Waals surface area contributed by atoms with Gasteiger partial charge in [-0.15, -0.1) is 24.0 Å². The SMILES string of the molecule is CCNC(=NCC(C)CO)NC(C)C(C)C.I. The van der Waals surface area contributed by atoms with Crippen molar-refractivity contribution in [3.8, 4) is 0 Å². The highest BCUT2D eigenvalue weighted by Crippen LogP contribution is 1.99. The lowest BCUT2D eigenvalue weighted by Crippen LogP contribution is -2.44. The molecule has 2 atom stereocenters. The first-order valence-corrected chi connectivity index (χ1v) is 6.16. The molecular formula is C12H28IN3O. The lowest BCUT2D eigenvalue weighted by molar-refractivity contribution is 0.241. The van der Waals surface area contributed by atoms with Gasteiger partial charge in [0.1, 0.15) is 0 Å². The van der Waals surface area contributed by atoms with Crippen LogP contribution in [0, 0.1) is 11.8 Å². The van der Waals surface area contributed by atoms with E-state index >= 15 is 0 Å². The van der Waals surface area contributed by atoms with Crippen LogP contribution in [0.5, 0.6) is 0 Å². The topological polar surface area (TPSA) is 56.7 Å². The summed E-state index contributed by atoms with van der Waals surface area (Å²) in [6.07, 6.45) is 0. The highest BCUT2D eigenvalue weighted by molar-refractivity contribution is 14.0. The number of hydrogen-bond acceptors (Lipinski definition) is 2. The molecule has 0 aromatic carbocycles. The van der Waals surface area contributed by atoms with Crippen LogP contribution in [0.4, 0.5) is 0 Å². The molecule has 104 valence electrons. The van der Waals surface area contributed by atoms with Crippen LogP contribution in [0.2, 0.25) is 0 Å². The van der Waals surface area contributed by atoms with Crippen LogP contribution >= 0.6 is 24.0 Å². The lowest BCUT2D eigenvalue weighted by atomic mass is 10.1. The highest BCUT2D eigenvalue weighted by Gasteiger charge is 2.09. The molecule has 0 saturated carbocycles. The number of guanidine groups is 1. The number of rotatable bonds is 6. The van der Waals surface area contributed by atoms with E-state index < -0.39 is 0 Å². The zero-order valence-electron chi connectivity index (χ0n) is 11.7. The van der Waals surface area contributed by atoms with Gasteiger partial charge >= 0.3 is 0 Å². The van der Waals surface area contributed by atoms with Gasteiger partial charge in [-0.3, -0.25) is 4.99 Å². The van der Waals surface area contributed by atoms with Crippen molar-refractivity contribution in [3.63, 3.8) is 0 Å². The van der Waals surface area contributed by atoms with Crippen molar-refractivity contribution in [2.45, 2.75) is 40.7 Å². The average molecular weight is 357 g/mol. The van der Waals surface area contributed by atoms with Crippen LogP contribution < -0.4 is 10.6 Å². The van der Waals surface area contributed by atoms with Gasteiger partial charge in [-0.2, -0.15) is 0 Å². The third kappa shape index (κ3) is 9.64. The van der Waals surface area contributed by atoms with Gasteiger partial charge in [0, 0.05) is 25.7 Å². The lowest BCUT2D eigenvalue weighted by Gasteiger charge is -2.21. The third-order valence-electron chi connectivity index (χ3n) is 2.58. The van der Waals surface area contributed by atoms with E-state index in [0.717, 1.165) is 12.5 Å². The summed E-state index contributed by atoms with van der Waals surface area (Å²) in [6.45, 7) is 12.2. The van der Waals surface area contributed by atoms with Crippen molar-refractivity contribution >= 4 is 29.9 Å². The Kier molecular flexibility index (Phi) is 12.6. The van der Waals surface area contributed by atoms with Gasteiger partial charge in [-0.05, 0) is 25.7 Å². The molecule has 3 N–H and O–H groups in total. The molecule has 0 aliphatic heterocycles. The number of nitrogens with one attached hydrogen (secondary N) is 2. The number of aliphatic hydroxyl groups is 1. The second kappa shape index (κ2) is 11.1. The van der Waals surface area contributed by atoms with E-state index in [-0.39, 0.29) is 36.5 Å². The van der Waals surface area contributed by atoms with Crippen molar-refractivity contribution < 1.29 is 5.11 Å². The zero-order chi connectivity index (χ0) is 12.6. The van der Waals surface area contributed by atoms with Gasteiger partial charge in [0.25, 0.3) is 0 Å². The van der Waals surface area contributed by atoms with E-state index in [4.69, 9.17) is 5.11 Å². The predicted octanol–water partition coefficient (Wildman–Crippen LogP) is 1.83.